The molecular weight excluding hydrogens is 232 g/mol. The van der Waals surface area contributed by atoms with Crippen molar-refractivity contribution in [3.8, 4) is 11.5 Å². The van der Waals surface area contributed by atoms with E-state index < -0.39 is 0 Å². The molecule has 1 N–H and O–H groups in total. The molecule has 0 saturated carbocycles. The van der Waals surface area contributed by atoms with Gasteiger partial charge in [0.05, 0.1) is 19.9 Å². The highest BCUT2D eigenvalue weighted by Gasteiger charge is 2.37. The average Bonchev–Trinajstić information content (AvgIpc) is 2.75. The van der Waals surface area contributed by atoms with Gasteiger partial charge in [-0.3, -0.25) is 4.79 Å². The Morgan fingerprint density at radius 2 is 1.94 bits per heavy atom. The Balaban J connectivity index is 2.16. The largest absolute Gasteiger partial charge is 0.496 e. The minimum Gasteiger partial charge on any atom is -0.496 e. The predicted molar refractivity (Wildman–Crippen MR) is 66.0 cm³/mol. The number of amides is 1. The zero-order valence-corrected chi connectivity index (χ0v) is 10.3. The lowest BCUT2D eigenvalue weighted by molar-refractivity contribution is -0.121. The van der Waals surface area contributed by atoms with E-state index in [1.807, 2.05) is 12.1 Å². The Labute approximate surface area is 105 Å². The van der Waals surface area contributed by atoms with Gasteiger partial charge in [-0.15, -0.1) is 0 Å². The highest BCUT2D eigenvalue weighted by molar-refractivity contribution is 6.11. The molecule has 1 heterocycles. The van der Waals surface area contributed by atoms with Crippen LogP contribution >= 0.6 is 0 Å². The molecule has 1 aromatic rings. The van der Waals surface area contributed by atoms with Crippen LogP contribution in [-0.4, -0.2) is 25.8 Å². The van der Waals surface area contributed by atoms with Gasteiger partial charge in [0.25, 0.3) is 0 Å². The summed E-state index contributed by atoms with van der Waals surface area (Å²) >= 11 is 0. The molecule has 5 heteroatoms. The highest BCUT2D eigenvalue weighted by Crippen LogP contribution is 2.41. The van der Waals surface area contributed by atoms with Gasteiger partial charge in [-0.2, -0.15) is 5.10 Å². The fraction of sp³-hybridized carbons (Fsp3) is 0.385. The fourth-order valence-electron chi connectivity index (χ4n) is 2.71. The Kier molecular flexibility index (Phi) is 2.47. The third-order valence-corrected chi connectivity index (χ3v) is 3.50. The van der Waals surface area contributed by atoms with Gasteiger partial charge in [0, 0.05) is 23.5 Å². The lowest BCUT2D eigenvalue weighted by Gasteiger charge is -2.16. The molecule has 0 spiro atoms. The van der Waals surface area contributed by atoms with Crippen LogP contribution in [-0.2, 0) is 11.2 Å². The first kappa shape index (κ1) is 11.1. The van der Waals surface area contributed by atoms with E-state index in [0.717, 1.165) is 34.8 Å². The Morgan fingerprint density at radius 3 is 2.67 bits per heavy atom. The number of hydrogen-bond acceptors (Lipinski definition) is 4. The van der Waals surface area contributed by atoms with Crippen molar-refractivity contribution in [1.29, 1.82) is 0 Å². The van der Waals surface area contributed by atoms with Crippen molar-refractivity contribution in [1.82, 2.24) is 5.43 Å². The van der Waals surface area contributed by atoms with E-state index in [2.05, 4.69) is 10.5 Å². The van der Waals surface area contributed by atoms with Crippen LogP contribution in [0, 0.1) is 5.92 Å². The number of benzene rings is 1. The number of nitrogens with one attached hydrogen (secondary N) is 1. The van der Waals surface area contributed by atoms with E-state index >= 15 is 0 Å². The minimum absolute atomic E-state index is 0.0329. The van der Waals surface area contributed by atoms with Crippen molar-refractivity contribution in [2.24, 2.45) is 11.0 Å². The number of fused-ring (bicyclic) bond motifs is 3. The molecule has 1 aromatic carbocycles. The first-order valence-electron chi connectivity index (χ1n) is 5.85. The van der Waals surface area contributed by atoms with Crippen molar-refractivity contribution < 1.29 is 14.3 Å². The van der Waals surface area contributed by atoms with Gasteiger partial charge in [-0.1, -0.05) is 0 Å². The summed E-state index contributed by atoms with van der Waals surface area (Å²) in [6.07, 6.45) is 1.25. The smallest absolute Gasteiger partial charge is 0.240 e. The summed E-state index contributed by atoms with van der Waals surface area (Å²) in [6, 6.07) is 3.77. The Hall–Kier alpha value is -2.04. The fourth-order valence-corrected chi connectivity index (χ4v) is 2.71. The summed E-state index contributed by atoms with van der Waals surface area (Å²) in [5.74, 6) is 1.71. The predicted octanol–water partition coefficient (Wildman–Crippen LogP) is 1.10. The van der Waals surface area contributed by atoms with Crippen LogP contribution in [0.5, 0.6) is 11.5 Å². The zero-order valence-electron chi connectivity index (χ0n) is 10.3. The summed E-state index contributed by atoms with van der Waals surface area (Å²) in [5.41, 5.74) is 5.49. The minimum atomic E-state index is -0.0329. The second-order valence-corrected chi connectivity index (χ2v) is 4.46. The molecule has 0 bridgehead atoms. The molecule has 0 aromatic heterocycles. The van der Waals surface area contributed by atoms with E-state index in [-0.39, 0.29) is 11.8 Å². The SMILES string of the molecule is COc1ccc(OC)c2c1CC1CC(=O)NN=C21. The van der Waals surface area contributed by atoms with Crippen LogP contribution in [0.15, 0.2) is 17.2 Å². The standard InChI is InChI=1S/C13H14N2O3/c1-17-9-3-4-10(18-2)12-8(9)5-7-6-11(16)14-15-13(7)12/h3-4,7H,5-6H2,1-2H3,(H,14,16). The molecule has 0 radical (unpaired) electrons. The third-order valence-electron chi connectivity index (χ3n) is 3.50. The van der Waals surface area contributed by atoms with Crippen LogP contribution in [0.2, 0.25) is 0 Å². The molecule has 0 saturated heterocycles. The molecule has 3 rings (SSSR count). The van der Waals surface area contributed by atoms with E-state index in [9.17, 15) is 4.79 Å². The van der Waals surface area contributed by atoms with Crippen molar-refractivity contribution in [2.45, 2.75) is 12.8 Å². The van der Waals surface area contributed by atoms with Crippen LogP contribution in [0.1, 0.15) is 17.5 Å². The molecule has 5 nitrogen and oxygen atoms in total. The molecule has 1 aliphatic carbocycles. The van der Waals surface area contributed by atoms with Crippen molar-refractivity contribution in [2.75, 3.05) is 14.2 Å². The number of methoxy groups -OCH3 is 2. The maximum Gasteiger partial charge on any atom is 0.240 e. The van der Waals surface area contributed by atoms with Crippen molar-refractivity contribution >= 4 is 11.6 Å². The second-order valence-electron chi connectivity index (χ2n) is 4.46. The van der Waals surface area contributed by atoms with E-state index in [1.165, 1.54) is 0 Å². The molecule has 94 valence electrons. The molecule has 1 unspecified atom stereocenters. The van der Waals surface area contributed by atoms with E-state index in [4.69, 9.17) is 9.47 Å². The first-order chi connectivity index (χ1) is 8.74. The van der Waals surface area contributed by atoms with Gasteiger partial charge in [-0.25, -0.2) is 5.43 Å². The number of rotatable bonds is 2. The summed E-state index contributed by atoms with van der Waals surface area (Å²) in [7, 11) is 3.28. The number of ether oxygens (including phenoxy) is 2. The third kappa shape index (κ3) is 1.47. The molecule has 18 heavy (non-hydrogen) atoms. The van der Waals surface area contributed by atoms with Gasteiger partial charge in [0.2, 0.25) is 5.91 Å². The lowest BCUT2D eigenvalue weighted by atomic mass is 9.99. The summed E-state index contributed by atoms with van der Waals surface area (Å²) in [5, 5.41) is 4.18. The number of nitrogens with zero attached hydrogens (tertiary/aromatic N) is 1. The van der Waals surface area contributed by atoms with Gasteiger partial charge in [0.15, 0.2) is 0 Å². The van der Waals surface area contributed by atoms with Gasteiger partial charge >= 0.3 is 0 Å². The molecular formula is C13H14N2O3. The first-order valence-corrected chi connectivity index (χ1v) is 5.85. The van der Waals surface area contributed by atoms with Crippen molar-refractivity contribution in [3.05, 3.63) is 23.3 Å². The summed E-state index contributed by atoms with van der Waals surface area (Å²) in [6.45, 7) is 0. The summed E-state index contributed by atoms with van der Waals surface area (Å²) < 4.78 is 10.8. The topological polar surface area (TPSA) is 59.9 Å². The average molecular weight is 246 g/mol. The lowest BCUT2D eigenvalue weighted by Crippen LogP contribution is -2.31. The molecule has 0 fully saturated rings. The van der Waals surface area contributed by atoms with Crippen LogP contribution < -0.4 is 14.9 Å². The van der Waals surface area contributed by atoms with Gasteiger partial charge < -0.3 is 9.47 Å². The Morgan fingerprint density at radius 1 is 1.22 bits per heavy atom. The number of carbonyl (C=O) groups excluding carboxylic acids is 1. The maximum atomic E-state index is 11.4. The highest BCUT2D eigenvalue weighted by atomic mass is 16.5. The van der Waals surface area contributed by atoms with Crippen molar-refractivity contribution in [3.63, 3.8) is 0 Å². The maximum absolute atomic E-state index is 11.4. The molecule has 2 aliphatic rings. The van der Waals surface area contributed by atoms with E-state index in [0.29, 0.717) is 6.42 Å². The van der Waals surface area contributed by atoms with Crippen LogP contribution in [0.4, 0.5) is 0 Å². The monoisotopic (exact) mass is 246 g/mol. The molecule has 1 aliphatic heterocycles. The molecule has 1 atom stereocenters. The zero-order chi connectivity index (χ0) is 12.7. The van der Waals surface area contributed by atoms with Crippen LogP contribution in [0.3, 0.4) is 0 Å². The van der Waals surface area contributed by atoms with E-state index in [1.54, 1.807) is 14.2 Å². The normalized spacial score (nSPS) is 20.7. The number of hydrazone groups is 1. The van der Waals surface area contributed by atoms with Crippen LogP contribution in [0.25, 0.3) is 0 Å². The van der Waals surface area contributed by atoms with Gasteiger partial charge in [0.1, 0.15) is 11.5 Å². The van der Waals surface area contributed by atoms with Gasteiger partial charge in [-0.05, 0) is 18.6 Å². The number of hydrogen-bond donors (Lipinski definition) is 1. The number of carbonyl (C=O) groups is 1. The second kappa shape index (κ2) is 4.01. The summed E-state index contributed by atoms with van der Waals surface area (Å²) in [4.78, 5) is 11.4. The Bertz CT molecular complexity index is 551. The quantitative estimate of drug-likeness (QED) is 0.850. The molecule has 1 amide bonds.